The van der Waals surface area contributed by atoms with Gasteiger partial charge in [0.15, 0.2) is 0 Å². The molecule has 0 aliphatic carbocycles. The van der Waals surface area contributed by atoms with Gasteiger partial charge < -0.3 is 18.8 Å². The molecule has 2 heterocycles. The number of benzene rings is 2. The SMILES string of the molecule is CC(=O)Cc1c(C)c2ccc(O)cc2oc1=O.CC(=O)Cc1cc(=O)oc2cc(N(C)C)ccc12. The maximum atomic E-state index is 11.7. The van der Waals surface area contributed by atoms with Gasteiger partial charge in [-0.2, -0.15) is 0 Å². The van der Waals surface area contributed by atoms with Gasteiger partial charge in [0.2, 0.25) is 0 Å². The Balaban J connectivity index is 0.000000196. The van der Waals surface area contributed by atoms with Gasteiger partial charge in [-0.05, 0) is 56.2 Å². The molecule has 0 amide bonds. The Labute approximate surface area is 201 Å². The van der Waals surface area contributed by atoms with Crippen LogP contribution >= 0.6 is 0 Å². The summed E-state index contributed by atoms with van der Waals surface area (Å²) in [6, 6.07) is 11.6. The van der Waals surface area contributed by atoms with Crippen LogP contribution in [-0.2, 0) is 22.4 Å². The first-order valence-corrected chi connectivity index (χ1v) is 10.9. The Kier molecular flexibility index (Phi) is 7.54. The van der Waals surface area contributed by atoms with Crippen molar-refractivity contribution in [3.63, 3.8) is 0 Å². The van der Waals surface area contributed by atoms with Crippen LogP contribution in [0.1, 0.15) is 30.5 Å². The van der Waals surface area contributed by atoms with E-state index in [-0.39, 0.29) is 30.2 Å². The van der Waals surface area contributed by atoms with E-state index < -0.39 is 11.3 Å². The molecular weight excluding hydrogens is 450 g/mol. The molecule has 2 aromatic heterocycles. The van der Waals surface area contributed by atoms with Crippen LogP contribution in [0.3, 0.4) is 0 Å². The van der Waals surface area contributed by atoms with Crippen LogP contribution in [-0.4, -0.2) is 30.8 Å². The van der Waals surface area contributed by atoms with Gasteiger partial charge in [-0.1, -0.05) is 0 Å². The molecule has 0 bridgehead atoms. The number of aryl methyl sites for hydroxylation is 1. The zero-order chi connectivity index (χ0) is 25.9. The number of hydrogen-bond acceptors (Lipinski definition) is 8. The second kappa shape index (κ2) is 10.4. The monoisotopic (exact) mass is 477 g/mol. The standard InChI is InChI=1S/C14H15NO3.C13H12O4/c1-9(16)6-10-7-14(17)18-13-8-11(15(2)3)4-5-12(10)13;1-7(14)5-11-8(2)10-4-3-9(15)6-12(10)17-13(11)16/h4-5,7-8H,6H2,1-3H3;3-4,6,15H,5H2,1-2H3. The van der Waals surface area contributed by atoms with Crippen LogP contribution < -0.4 is 16.2 Å². The third-order valence-electron chi connectivity index (χ3n) is 5.47. The Bertz CT molecular complexity index is 1540. The zero-order valence-electron chi connectivity index (χ0n) is 20.3. The summed E-state index contributed by atoms with van der Waals surface area (Å²) in [5.41, 5.74) is 2.70. The van der Waals surface area contributed by atoms with Crippen molar-refractivity contribution in [2.45, 2.75) is 33.6 Å². The largest absolute Gasteiger partial charge is 0.508 e. The van der Waals surface area contributed by atoms with Gasteiger partial charge in [0.05, 0.1) is 0 Å². The molecule has 0 saturated carbocycles. The average molecular weight is 478 g/mol. The van der Waals surface area contributed by atoms with Crippen molar-refractivity contribution in [2.75, 3.05) is 19.0 Å². The number of Topliss-reactive ketones (excluding diaryl/α,β-unsaturated/α-hetero) is 2. The fourth-order valence-electron chi connectivity index (χ4n) is 3.75. The molecule has 4 aromatic rings. The molecule has 0 fully saturated rings. The fraction of sp³-hybridized carbons (Fsp3) is 0.259. The van der Waals surface area contributed by atoms with Gasteiger partial charge in [-0.25, -0.2) is 9.59 Å². The molecule has 8 heteroatoms. The van der Waals surface area contributed by atoms with Crippen LogP contribution in [0, 0.1) is 6.92 Å². The van der Waals surface area contributed by atoms with Crippen molar-refractivity contribution < 1.29 is 23.5 Å². The molecular formula is C27H27NO7. The number of carbonyl (C=O) groups excluding carboxylic acids is 2. The first kappa shape index (κ1) is 25.4. The lowest BCUT2D eigenvalue weighted by Gasteiger charge is -2.13. The predicted octanol–water partition coefficient (Wildman–Crippen LogP) is 3.93. The number of phenolic OH excluding ortho intramolecular Hbond substituents is 1. The van der Waals surface area contributed by atoms with Crippen LogP contribution in [0.5, 0.6) is 5.75 Å². The van der Waals surface area contributed by atoms with Gasteiger partial charge in [0, 0.05) is 67.2 Å². The van der Waals surface area contributed by atoms with E-state index in [1.54, 1.807) is 19.1 Å². The summed E-state index contributed by atoms with van der Waals surface area (Å²) < 4.78 is 10.3. The molecule has 182 valence electrons. The first-order valence-electron chi connectivity index (χ1n) is 10.9. The number of ketones is 2. The third-order valence-corrected chi connectivity index (χ3v) is 5.47. The lowest BCUT2D eigenvalue weighted by molar-refractivity contribution is -0.117. The van der Waals surface area contributed by atoms with Gasteiger partial charge in [0.25, 0.3) is 0 Å². The minimum absolute atomic E-state index is 0.0265. The summed E-state index contributed by atoms with van der Waals surface area (Å²) in [5, 5.41) is 10.9. The van der Waals surface area contributed by atoms with Gasteiger partial charge in [-0.15, -0.1) is 0 Å². The summed E-state index contributed by atoms with van der Waals surface area (Å²) in [5.74, 6) is -0.0171. The van der Waals surface area contributed by atoms with Gasteiger partial charge in [0.1, 0.15) is 28.5 Å². The number of nitrogens with zero attached hydrogens (tertiary/aromatic N) is 1. The van der Waals surface area contributed by atoms with E-state index in [4.69, 9.17) is 8.83 Å². The summed E-state index contributed by atoms with van der Waals surface area (Å²) in [6.07, 6.45) is 0.328. The smallest absolute Gasteiger partial charge is 0.340 e. The summed E-state index contributed by atoms with van der Waals surface area (Å²) in [7, 11) is 3.83. The van der Waals surface area contributed by atoms with Crippen molar-refractivity contribution in [3.05, 3.63) is 80.0 Å². The lowest BCUT2D eigenvalue weighted by Crippen LogP contribution is -2.13. The van der Waals surface area contributed by atoms with E-state index in [2.05, 4.69) is 0 Å². The van der Waals surface area contributed by atoms with Crippen LogP contribution in [0.25, 0.3) is 21.9 Å². The fourth-order valence-corrected chi connectivity index (χ4v) is 3.75. The second-order valence-corrected chi connectivity index (χ2v) is 8.60. The van der Waals surface area contributed by atoms with E-state index in [1.165, 1.54) is 32.0 Å². The van der Waals surface area contributed by atoms with E-state index in [0.717, 1.165) is 27.6 Å². The van der Waals surface area contributed by atoms with E-state index in [0.29, 0.717) is 16.7 Å². The maximum absolute atomic E-state index is 11.7. The van der Waals surface area contributed by atoms with Crippen molar-refractivity contribution >= 4 is 39.2 Å². The average Bonchev–Trinajstić information content (AvgIpc) is 2.75. The summed E-state index contributed by atoms with van der Waals surface area (Å²) in [6.45, 7) is 4.71. The minimum Gasteiger partial charge on any atom is -0.508 e. The predicted molar refractivity (Wildman–Crippen MR) is 134 cm³/mol. The van der Waals surface area contributed by atoms with E-state index in [9.17, 15) is 24.3 Å². The lowest BCUT2D eigenvalue weighted by atomic mass is 10.0. The van der Waals surface area contributed by atoms with Crippen molar-refractivity contribution in [1.82, 2.24) is 0 Å². The number of hydrogen-bond donors (Lipinski definition) is 1. The van der Waals surface area contributed by atoms with Crippen molar-refractivity contribution in [2.24, 2.45) is 0 Å². The molecule has 0 unspecified atom stereocenters. The molecule has 0 aliphatic rings. The Morgan fingerprint density at radius 3 is 2.11 bits per heavy atom. The van der Waals surface area contributed by atoms with Crippen LogP contribution in [0.2, 0.25) is 0 Å². The highest BCUT2D eigenvalue weighted by Gasteiger charge is 2.13. The molecule has 2 aromatic carbocycles. The topological polar surface area (TPSA) is 118 Å². The normalized spacial score (nSPS) is 10.7. The molecule has 1 N–H and O–H groups in total. The molecule has 0 aliphatic heterocycles. The first-order chi connectivity index (χ1) is 16.5. The number of rotatable bonds is 5. The van der Waals surface area contributed by atoms with Gasteiger partial charge in [-0.3, -0.25) is 9.59 Å². The number of phenols is 1. The van der Waals surface area contributed by atoms with Crippen LogP contribution in [0.15, 0.2) is 60.9 Å². The van der Waals surface area contributed by atoms with Crippen LogP contribution in [0.4, 0.5) is 5.69 Å². The Morgan fingerprint density at radius 1 is 0.857 bits per heavy atom. The summed E-state index contributed by atoms with van der Waals surface area (Å²) in [4.78, 5) is 47.4. The number of anilines is 1. The molecule has 35 heavy (non-hydrogen) atoms. The minimum atomic E-state index is -0.518. The van der Waals surface area contributed by atoms with E-state index >= 15 is 0 Å². The van der Waals surface area contributed by atoms with Gasteiger partial charge >= 0.3 is 11.3 Å². The number of carbonyl (C=O) groups is 2. The summed E-state index contributed by atoms with van der Waals surface area (Å²) >= 11 is 0. The molecule has 0 radical (unpaired) electrons. The molecule has 4 rings (SSSR count). The Morgan fingerprint density at radius 2 is 1.49 bits per heavy atom. The highest BCUT2D eigenvalue weighted by molar-refractivity contribution is 5.88. The van der Waals surface area contributed by atoms with Crippen molar-refractivity contribution in [3.8, 4) is 5.75 Å². The quantitative estimate of drug-likeness (QED) is 0.430. The Hall–Kier alpha value is -4.20. The highest BCUT2D eigenvalue weighted by Crippen LogP contribution is 2.24. The molecule has 0 spiro atoms. The zero-order valence-corrected chi connectivity index (χ0v) is 20.3. The maximum Gasteiger partial charge on any atom is 0.340 e. The van der Waals surface area contributed by atoms with E-state index in [1.807, 2.05) is 31.1 Å². The second-order valence-electron chi connectivity index (χ2n) is 8.60. The molecule has 0 saturated heterocycles. The third kappa shape index (κ3) is 6.03. The highest BCUT2D eigenvalue weighted by atomic mass is 16.4. The molecule has 8 nitrogen and oxygen atoms in total. The van der Waals surface area contributed by atoms with Crippen molar-refractivity contribution in [1.29, 1.82) is 0 Å². The number of aromatic hydroxyl groups is 1. The number of fused-ring (bicyclic) bond motifs is 2. The molecule has 0 atom stereocenters.